The Kier molecular flexibility index (Phi) is 8.46. The molecular weight excluding hydrogens is 390 g/mol. The topological polar surface area (TPSA) is 70.5 Å². The van der Waals surface area contributed by atoms with Crippen LogP contribution in [0.2, 0.25) is 0 Å². The lowest BCUT2D eigenvalue weighted by molar-refractivity contribution is -0.944. The summed E-state index contributed by atoms with van der Waals surface area (Å²) in [5.74, 6) is 0.618. The molecule has 0 saturated heterocycles. The van der Waals surface area contributed by atoms with Crippen molar-refractivity contribution in [2.75, 3.05) is 26.7 Å². The zero-order valence-electron chi connectivity index (χ0n) is 18.7. The first-order valence-electron chi connectivity index (χ1n) is 10.5. The van der Waals surface area contributed by atoms with E-state index in [0.29, 0.717) is 23.5 Å². The maximum atomic E-state index is 12.1. The summed E-state index contributed by atoms with van der Waals surface area (Å²) in [5.41, 5.74) is 1.34. The molecule has 2 rings (SSSR count). The molecule has 29 heavy (non-hydrogen) atoms. The van der Waals surface area contributed by atoms with Gasteiger partial charge in [-0.25, -0.2) is 4.79 Å². The van der Waals surface area contributed by atoms with E-state index in [9.17, 15) is 4.79 Å². The second-order valence-electron chi connectivity index (χ2n) is 8.89. The second-order valence-corrected chi connectivity index (χ2v) is 9.42. The fourth-order valence-corrected chi connectivity index (χ4v) is 3.79. The summed E-state index contributed by atoms with van der Waals surface area (Å²) < 4.78 is 26.2. The van der Waals surface area contributed by atoms with Crippen LogP contribution in [0.1, 0.15) is 72.4 Å². The van der Waals surface area contributed by atoms with E-state index in [1.807, 2.05) is 27.7 Å². The number of carbonyl (C=O) groups is 1. The summed E-state index contributed by atoms with van der Waals surface area (Å²) in [4.78, 5) is 12.1. The molecule has 0 aliphatic carbocycles. The van der Waals surface area contributed by atoms with E-state index in [-0.39, 0.29) is 6.23 Å². The van der Waals surface area contributed by atoms with Crippen LogP contribution in [0.15, 0.2) is 6.08 Å². The third-order valence-electron chi connectivity index (χ3n) is 5.10. The Morgan fingerprint density at radius 2 is 2.03 bits per heavy atom. The van der Waals surface area contributed by atoms with E-state index < -0.39 is 11.8 Å². The quantitative estimate of drug-likeness (QED) is 0.313. The van der Waals surface area contributed by atoms with E-state index in [0.717, 1.165) is 30.7 Å². The first-order chi connectivity index (χ1) is 13.6. The van der Waals surface area contributed by atoms with Crippen LogP contribution in [-0.2, 0) is 9.47 Å². The van der Waals surface area contributed by atoms with Gasteiger partial charge in [0.2, 0.25) is 6.23 Å². The van der Waals surface area contributed by atoms with E-state index in [1.54, 1.807) is 0 Å². The van der Waals surface area contributed by atoms with Crippen LogP contribution in [0.3, 0.4) is 0 Å². The lowest BCUT2D eigenvalue weighted by Crippen LogP contribution is -2.55. The number of hydrogen-bond acceptors (Lipinski definition) is 7. The molecule has 1 aliphatic rings. The molecule has 0 saturated carbocycles. The highest BCUT2D eigenvalue weighted by atomic mass is 32.1. The number of quaternary nitrogens is 1. The van der Waals surface area contributed by atoms with Gasteiger partial charge in [0.05, 0.1) is 31.9 Å². The van der Waals surface area contributed by atoms with Crippen LogP contribution in [0.5, 0.6) is 5.88 Å². The van der Waals surface area contributed by atoms with Gasteiger partial charge in [-0.3, -0.25) is 4.48 Å². The van der Waals surface area contributed by atoms with Crippen molar-refractivity contribution in [3.05, 3.63) is 11.8 Å². The minimum Gasteiger partial charge on any atom is -0.475 e. The molecule has 0 amide bonds. The maximum absolute atomic E-state index is 12.1. The first-order valence-corrected chi connectivity index (χ1v) is 11.3. The lowest BCUT2D eigenvalue weighted by Gasteiger charge is -2.41. The fraction of sp³-hybridized carbons (Fsp3) is 0.762. The smallest absolute Gasteiger partial charge is 0.475 e. The molecule has 8 heteroatoms. The summed E-state index contributed by atoms with van der Waals surface area (Å²) >= 11 is 1.18. The van der Waals surface area contributed by atoms with Gasteiger partial charge >= 0.3 is 6.16 Å². The molecular formula is C21H36N3O4S+. The molecule has 164 valence electrons. The van der Waals surface area contributed by atoms with Crippen molar-refractivity contribution in [2.45, 2.75) is 78.6 Å². The number of carbonyl (C=O) groups excluding carboxylic acids is 1. The molecule has 1 aliphatic heterocycles. The number of hydrogen-bond donors (Lipinski definition) is 0. The van der Waals surface area contributed by atoms with Crippen molar-refractivity contribution in [1.29, 1.82) is 0 Å². The van der Waals surface area contributed by atoms with Gasteiger partial charge < -0.3 is 14.2 Å². The third-order valence-corrected chi connectivity index (χ3v) is 5.61. The molecule has 1 aromatic heterocycles. The SMILES string of the molecule is CCCCCCOc1nsnc1C1=CCC[N+](C)(C(C)OC(=O)OC(C)(C)C)C1. The van der Waals surface area contributed by atoms with Gasteiger partial charge in [-0.05, 0) is 27.2 Å². The molecule has 0 fully saturated rings. The zero-order valence-corrected chi connectivity index (χ0v) is 19.5. The van der Waals surface area contributed by atoms with Gasteiger partial charge in [-0.15, -0.1) is 4.37 Å². The fourth-order valence-electron chi connectivity index (χ4n) is 3.26. The summed E-state index contributed by atoms with van der Waals surface area (Å²) in [6, 6.07) is 0. The predicted octanol–water partition coefficient (Wildman–Crippen LogP) is 5.03. The zero-order chi connectivity index (χ0) is 21.5. The Labute approximate surface area is 179 Å². The Bertz CT molecular complexity index is 698. The van der Waals surface area contributed by atoms with Crippen molar-refractivity contribution < 1.29 is 23.5 Å². The number of nitrogens with zero attached hydrogens (tertiary/aromatic N) is 3. The van der Waals surface area contributed by atoms with Crippen LogP contribution in [-0.4, -0.2) is 58.0 Å². The number of likely N-dealkylation sites (N-methyl/N-ethyl adjacent to an activating group) is 1. The molecule has 0 spiro atoms. The summed E-state index contributed by atoms with van der Waals surface area (Å²) in [7, 11) is 2.09. The Hall–Kier alpha value is -1.67. The normalized spacial score (nSPS) is 20.7. The molecule has 2 heterocycles. The van der Waals surface area contributed by atoms with Gasteiger partial charge in [0.1, 0.15) is 17.8 Å². The summed E-state index contributed by atoms with van der Waals surface area (Å²) in [5, 5.41) is 0. The lowest BCUT2D eigenvalue weighted by atomic mass is 10.0. The number of unbranched alkanes of at least 4 members (excludes halogenated alkanes) is 3. The monoisotopic (exact) mass is 426 g/mol. The minimum absolute atomic E-state index is 0.335. The molecule has 0 radical (unpaired) electrons. The van der Waals surface area contributed by atoms with Crippen LogP contribution >= 0.6 is 11.7 Å². The van der Waals surface area contributed by atoms with Crippen molar-refractivity contribution in [3.8, 4) is 5.88 Å². The third kappa shape index (κ3) is 7.26. The Morgan fingerprint density at radius 1 is 1.28 bits per heavy atom. The van der Waals surface area contributed by atoms with Crippen LogP contribution in [0, 0.1) is 0 Å². The van der Waals surface area contributed by atoms with E-state index in [4.69, 9.17) is 14.2 Å². The van der Waals surface area contributed by atoms with E-state index >= 15 is 0 Å². The van der Waals surface area contributed by atoms with Crippen molar-refractivity contribution in [1.82, 2.24) is 8.75 Å². The van der Waals surface area contributed by atoms with Gasteiger partial charge in [0, 0.05) is 18.9 Å². The molecule has 0 bridgehead atoms. The maximum Gasteiger partial charge on any atom is 0.513 e. The van der Waals surface area contributed by atoms with E-state index in [2.05, 4.69) is 28.8 Å². The average Bonchev–Trinajstić information content (AvgIpc) is 3.08. The summed E-state index contributed by atoms with van der Waals surface area (Å²) in [6.45, 7) is 11.8. The number of aromatic nitrogens is 2. The van der Waals surface area contributed by atoms with Crippen molar-refractivity contribution in [2.24, 2.45) is 0 Å². The average molecular weight is 427 g/mol. The van der Waals surface area contributed by atoms with Gasteiger partial charge in [-0.1, -0.05) is 32.3 Å². The Morgan fingerprint density at radius 3 is 2.72 bits per heavy atom. The second kappa shape index (κ2) is 10.4. The predicted molar refractivity (Wildman–Crippen MR) is 115 cm³/mol. The standard InChI is InChI=1S/C21H36N3O4S/c1-7-8-9-10-14-26-19-18(22-29-23-19)17-12-11-13-24(6,15-17)16(2)27-20(25)28-21(3,4)5/h12,16H,7-11,13-15H2,1-6H3/q+1. The summed E-state index contributed by atoms with van der Waals surface area (Å²) in [6.07, 6.45) is 6.73. The molecule has 2 atom stereocenters. The largest absolute Gasteiger partial charge is 0.513 e. The molecule has 0 N–H and O–H groups in total. The number of ether oxygens (including phenoxy) is 3. The van der Waals surface area contributed by atoms with Crippen LogP contribution in [0.25, 0.3) is 5.57 Å². The highest BCUT2D eigenvalue weighted by molar-refractivity contribution is 6.99. The van der Waals surface area contributed by atoms with Gasteiger partial charge in [0.15, 0.2) is 0 Å². The highest BCUT2D eigenvalue weighted by Gasteiger charge is 2.37. The van der Waals surface area contributed by atoms with Crippen molar-refractivity contribution in [3.63, 3.8) is 0 Å². The molecule has 7 nitrogen and oxygen atoms in total. The van der Waals surface area contributed by atoms with Crippen LogP contribution < -0.4 is 4.74 Å². The Balaban J connectivity index is 1.98. The van der Waals surface area contributed by atoms with Crippen molar-refractivity contribution >= 4 is 23.5 Å². The van der Waals surface area contributed by atoms with E-state index in [1.165, 1.54) is 31.0 Å². The highest BCUT2D eigenvalue weighted by Crippen LogP contribution is 2.31. The molecule has 2 unspecified atom stereocenters. The van der Waals surface area contributed by atoms with Crippen LogP contribution in [0.4, 0.5) is 4.79 Å². The molecule has 1 aromatic rings. The molecule has 0 aromatic carbocycles. The van der Waals surface area contributed by atoms with Gasteiger partial charge in [-0.2, -0.15) is 4.37 Å². The number of rotatable bonds is 9. The van der Waals surface area contributed by atoms with Gasteiger partial charge in [0.25, 0.3) is 5.88 Å². The first kappa shape index (κ1) is 23.6. The minimum atomic E-state index is -0.633.